The third-order valence-electron chi connectivity index (χ3n) is 4.44. The van der Waals surface area contributed by atoms with Crippen molar-refractivity contribution in [1.82, 2.24) is 0 Å². The van der Waals surface area contributed by atoms with Crippen LogP contribution in [0.5, 0.6) is 5.75 Å². The Balaban J connectivity index is 2.02. The molecule has 2 aromatic carbocycles. The normalized spacial score (nSPS) is 13.4. The average Bonchev–Trinajstić information content (AvgIpc) is 2.54. The first-order valence-corrected chi connectivity index (χ1v) is 8.58. The molecule has 0 saturated carbocycles. The molecule has 23 heavy (non-hydrogen) atoms. The van der Waals surface area contributed by atoms with Gasteiger partial charge in [-0.3, -0.25) is 0 Å². The molecule has 2 unspecified atom stereocenters. The molecule has 0 spiro atoms. The molecule has 2 heteroatoms. The first kappa shape index (κ1) is 17.4. The first-order chi connectivity index (χ1) is 11.0. The number of hydrogen-bond acceptors (Lipinski definition) is 2. The predicted octanol–water partition coefficient (Wildman–Crippen LogP) is 5.70. The summed E-state index contributed by atoms with van der Waals surface area (Å²) in [5.41, 5.74) is 5.07. The highest BCUT2D eigenvalue weighted by molar-refractivity contribution is 5.56. The second kappa shape index (κ2) is 8.05. The van der Waals surface area contributed by atoms with Gasteiger partial charge >= 0.3 is 0 Å². The van der Waals surface area contributed by atoms with Crippen molar-refractivity contribution in [3.05, 3.63) is 59.2 Å². The Kier molecular flexibility index (Phi) is 6.09. The molecule has 0 aliphatic rings. The zero-order valence-electron chi connectivity index (χ0n) is 15.0. The fourth-order valence-electron chi connectivity index (χ4n) is 2.81. The van der Waals surface area contributed by atoms with Crippen molar-refractivity contribution in [2.45, 2.75) is 53.1 Å². The summed E-state index contributed by atoms with van der Waals surface area (Å²) in [5, 5.41) is 3.54. The topological polar surface area (TPSA) is 21.3 Å². The maximum atomic E-state index is 6.21. The van der Waals surface area contributed by atoms with E-state index in [1.54, 1.807) is 0 Å². The van der Waals surface area contributed by atoms with Crippen LogP contribution in [0.15, 0.2) is 42.5 Å². The molecule has 2 rings (SSSR count). The number of rotatable bonds is 7. The fraction of sp³-hybridized carbons (Fsp3) is 0.429. The SMILES string of the molecule is CCC(C)c1ccccc1OC(C)CNc1c(C)cccc1C. The Morgan fingerprint density at radius 1 is 0.957 bits per heavy atom. The van der Waals surface area contributed by atoms with Crippen LogP contribution in [-0.4, -0.2) is 12.6 Å². The van der Waals surface area contributed by atoms with Crippen LogP contribution in [-0.2, 0) is 0 Å². The molecule has 2 nitrogen and oxygen atoms in total. The van der Waals surface area contributed by atoms with Crippen molar-refractivity contribution in [2.24, 2.45) is 0 Å². The lowest BCUT2D eigenvalue weighted by Crippen LogP contribution is -2.24. The summed E-state index contributed by atoms with van der Waals surface area (Å²) in [6.45, 7) is 11.7. The van der Waals surface area contributed by atoms with Crippen LogP contribution in [0.4, 0.5) is 5.69 Å². The minimum absolute atomic E-state index is 0.110. The molecular weight excluding hydrogens is 282 g/mol. The molecule has 1 N–H and O–H groups in total. The van der Waals surface area contributed by atoms with Crippen LogP contribution in [0.2, 0.25) is 0 Å². The lowest BCUT2D eigenvalue weighted by Gasteiger charge is -2.21. The molecule has 0 fully saturated rings. The summed E-state index contributed by atoms with van der Waals surface area (Å²) in [6.07, 6.45) is 1.23. The maximum Gasteiger partial charge on any atom is 0.123 e. The molecule has 0 saturated heterocycles. The van der Waals surface area contributed by atoms with E-state index in [-0.39, 0.29) is 6.10 Å². The van der Waals surface area contributed by atoms with Gasteiger partial charge in [0.15, 0.2) is 0 Å². The van der Waals surface area contributed by atoms with E-state index in [9.17, 15) is 0 Å². The number of hydrogen-bond donors (Lipinski definition) is 1. The highest BCUT2D eigenvalue weighted by Gasteiger charge is 2.12. The number of aryl methyl sites for hydroxylation is 2. The van der Waals surface area contributed by atoms with Crippen LogP contribution in [0.25, 0.3) is 0 Å². The predicted molar refractivity (Wildman–Crippen MR) is 99.6 cm³/mol. The molecule has 2 atom stereocenters. The van der Waals surface area contributed by atoms with Gasteiger partial charge in [-0.2, -0.15) is 0 Å². The van der Waals surface area contributed by atoms with Crippen LogP contribution in [0.1, 0.15) is 49.8 Å². The molecular formula is C21H29NO. The second-order valence-corrected chi connectivity index (χ2v) is 6.42. The van der Waals surface area contributed by atoms with Gasteiger partial charge in [0, 0.05) is 5.69 Å². The number of para-hydroxylation sites is 2. The van der Waals surface area contributed by atoms with Crippen LogP contribution in [0, 0.1) is 13.8 Å². The summed E-state index contributed by atoms with van der Waals surface area (Å²) in [4.78, 5) is 0. The van der Waals surface area contributed by atoms with Gasteiger partial charge in [0.05, 0.1) is 6.54 Å². The van der Waals surface area contributed by atoms with Crippen LogP contribution >= 0.6 is 0 Å². The summed E-state index contributed by atoms with van der Waals surface area (Å²) >= 11 is 0. The molecule has 0 aliphatic carbocycles. The molecule has 2 aromatic rings. The minimum atomic E-state index is 0.110. The Hall–Kier alpha value is -1.96. The van der Waals surface area contributed by atoms with Crippen molar-refractivity contribution in [3.8, 4) is 5.75 Å². The Labute approximate surface area is 140 Å². The molecule has 0 bridgehead atoms. The standard InChI is InChI=1S/C21H29NO/c1-6-15(2)19-12-7-8-13-20(19)23-18(5)14-22-21-16(3)10-9-11-17(21)4/h7-13,15,18,22H,6,14H2,1-5H3. The van der Waals surface area contributed by atoms with Gasteiger partial charge in [-0.25, -0.2) is 0 Å². The molecule has 0 heterocycles. The molecule has 0 aliphatic heterocycles. The van der Waals surface area contributed by atoms with Gasteiger partial charge in [-0.05, 0) is 55.9 Å². The van der Waals surface area contributed by atoms with E-state index in [2.05, 4.69) is 76.3 Å². The maximum absolute atomic E-state index is 6.21. The zero-order chi connectivity index (χ0) is 16.8. The van der Waals surface area contributed by atoms with Crippen molar-refractivity contribution in [3.63, 3.8) is 0 Å². The zero-order valence-corrected chi connectivity index (χ0v) is 15.0. The van der Waals surface area contributed by atoms with Crippen molar-refractivity contribution >= 4 is 5.69 Å². The number of anilines is 1. The van der Waals surface area contributed by atoms with E-state index < -0.39 is 0 Å². The highest BCUT2D eigenvalue weighted by Crippen LogP contribution is 2.29. The van der Waals surface area contributed by atoms with E-state index in [4.69, 9.17) is 4.74 Å². The molecule has 0 amide bonds. The van der Waals surface area contributed by atoms with E-state index in [0.29, 0.717) is 5.92 Å². The van der Waals surface area contributed by atoms with Crippen molar-refractivity contribution < 1.29 is 4.74 Å². The molecule has 0 aromatic heterocycles. The van der Waals surface area contributed by atoms with Gasteiger partial charge in [0.25, 0.3) is 0 Å². The van der Waals surface area contributed by atoms with Gasteiger partial charge < -0.3 is 10.1 Å². The third-order valence-corrected chi connectivity index (χ3v) is 4.44. The number of ether oxygens (including phenoxy) is 1. The largest absolute Gasteiger partial charge is 0.489 e. The highest BCUT2D eigenvalue weighted by atomic mass is 16.5. The first-order valence-electron chi connectivity index (χ1n) is 8.58. The summed E-state index contributed by atoms with van der Waals surface area (Å²) in [5.74, 6) is 1.53. The average molecular weight is 311 g/mol. The third kappa shape index (κ3) is 4.51. The van der Waals surface area contributed by atoms with E-state index in [1.165, 1.54) is 22.4 Å². The fourth-order valence-corrected chi connectivity index (χ4v) is 2.81. The molecule has 0 radical (unpaired) electrons. The lowest BCUT2D eigenvalue weighted by atomic mass is 9.98. The summed E-state index contributed by atoms with van der Waals surface area (Å²) < 4.78 is 6.21. The van der Waals surface area contributed by atoms with Gasteiger partial charge in [-0.15, -0.1) is 0 Å². The second-order valence-electron chi connectivity index (χ2n) is 6.42. The van der Waals surface area contributed by atoms with Crippen LogP contribution in [0.3, 0.4) is 0 Å². The number of nitrogens with one attached hydrogen (secondary N) is 1. The van der Waals surface area contributed by atoms with Crippen LogP contribution < -0.4 is 10.1 Å². The monoisotopic (exact) mass is 311 g/mol. The van der Waals surface area contributed by atoms with E-state index in [1.807, 2.05) is 6.07 Å². The smallest absolute Gasteiger partial charge is 0.123 e. The van der Waals surface area contributed by atoms with E-state index >= 15 is 0 Å². The summed E-state index contributed by atoms with van der Waals surface area (Å²) in [6, 6.07) is 14.8. The van der Waals surface area contributed by atoms with Crippen molar-refractivity contribution in [2.75, 3.05) is 11.9 Å². The van der Waals surface area contributed by atoms with Gasteiger partial charge in [0.2, 0.25) is 0 Å². The van der Waals surface area contributed by atoms with E-state index in [0.717, 1.165) is 18.7 Å². The Bertz CT molecular complexity index is 615. The molecule has 124 valence electrons. The number of benzene rings is 2. The van der Waals surface area contributed by atoms with Gasteiger partial charge in [0.1, 0.15) is 11.9 Å². The Morgan fingerprint density at radius 3 is 2.26 bits per heavy atom. The van der Waals surface area contributed by atoms with Crippen molar-refractivity contribution in [1.29, 1.82) is 0 Å². The Morgan fingerprint density at radius 2 is 1.61 bits per heavy atom. The quantitative estimate of drug-likeness (QED) is 0.708. The summed E-state index contributed by atoms with van der Waals surface area (Å²) in [7, 11) is 0. The minimum Gasteiger partial charge on any atom is -0.489 e. The van der Waals surface area contributed by atoms with Gasteiger partial charge in [-0.1, -0.05) is 50.2 Å². The lowest BCUT2D eigenvalue weighted by molar-refractivity contribution is 0.231.